The van der Waals surface area contributed by atoms with Crippen molar-refractivity contribution < 1.29 is 14.7 Å². The van der Waals surface area contributed by atoms with E-state index in [9.17, 15) is 9.59 Å². The van der Waals surface area contributed by atoms with Crippen LogP contribution in [-0.2, 0) is 13.1 Å². The van der Waals surface area contributed by atoms with Gasteiger partial charge in [0.05, 0.1) is 5.56 Å². The van der Waals surface area contributed by atoms with Crippen LogP contribution in [0.2, 0.25) is 0 Å². The maximum atomic E-state index is 12.6. The van der Waals surface area contributed by atoms with Crippen molar-refractivity contribution in [3.8, 4) is 11.1 Å². The maximum Gasteiger partial charge on any atom is 0.335 e. The Bertz CT molecular complexity index is 1250. The first-order valence-corrected chi connectivity index (χ1v) is 10.7. The summed E-state index contributed by atoms with van der Waals surface area (Å²) < 4.78 is 0. The van der Waals surface area contributed by atoms with Gasteiger partial charge in [-0.2, -0.15) is 0 Å². The zero-order valence-corrected chi connectivity index (χ0v) is 18.0. The molecule has 0 heterocycles. The van der Waals surface area contributed by atoms with Crippen LogP contribution in [0.3, 0.4) is 0 Å². The molecule has 1 amide bonds. The molecule has 0 fully saturated rings. The van der Waals surface area contributed by atoms with Gasteiger partial charge in [0, 0.05) is 24.3 Å². The van der Waals surface area contributed by atoms with Crippen LogP contribution in [0, 0.1) is 0 Å². The summed E-state index contributed by atoms with van der Waals surface area (Å²) in [5, 5.41) is 15.4. The van der Waals surface area contributed by atoms with Gasteiger partial charge in [-0.3, -0.25) is 4.79 Å². The van der Waals surface area contributed by atoms with Gasteiger partial charge in [0.25, 0.3) is 5.91 Å². The number of hydrogen-bond donors (Lipinski definition) is 3. The first-order valence-electron chi connectivity index (χ1n) is 10.7. The zero-order chi connectivity index (χ0) is 23.0. The Balaban J connectivity index is 1.33. The summed E-state index contributed by atoms with van der Waals surface area (Å²) in [6, 6.07) is 32.3. The minimum atomic E-state index is -0.940. The second-order valence-electron chi connectivity index (χ2n) is 7.69. The lowest BCUT2D eigenvalue weighted by Gasteiger charge is -2.10. The van der Waals surface area contributed by atoms with E-state index in [4.69, 9.17) is 5.11 Å². The molecular weight excluding hydrogens is 412 g/mol. The molecule has 3 N–H and O–H groups in total. The second kappa shape index (κ2) is 10.3. The predicted molar refractivity (Wildman–Crippen MR) is 130 cm³/mol. The number of carboxylic acid groups (broad SMARTS) is 1. The average molecular weight is 437 g/mol. The smallest absolute Gasteiger partial charge is 0.335 e. The fraction of sp³-hybridized carbons (Fsp3) is 0.0714. The van der Waals surface area contributed by atoms with Gasteiger partial charge in [-0.15, -0.1) is 0 Å². The van der Waals surface area contributed by atoms with Gasteiger partial charge in [-0.1, -0.05) is 66.7 Å². The Kier molecular flexibility index (Phi) is 6.81. The fourth-order valence-corrected chi connectivity index (χ4v) is 3.54. The molecule has 5 heteroatoms. The van der Waals surface area contributed by atoms with Crippen molar-refractivity contribution in [1.82, 2.24) is 5.32 Å². The number of anilines is 1. The van der Waals surface area contributed by atoms with Gasteiger partial charge in [0.2, 0.25) is 0 Å². The van der Waals surface area contributed by atoms with Crippen molar-refractivity contribution in [3.63, 3.8) is 0 Å². The van der Waals surface area contributed by atoms with E-state index in [1.807, 2.05) is 84.9 Å². The van der Waals surface area contributed by atoms with E-state index in [2.05, 4.69) is 10.6 Å². The summed E-state index contributed by atoms with van der Waals surface area (Å²) in [6.07, 6.45) is 0. The number of carbonyl (C=O) groups is 2. The van der Waals surface area contributed by atoms with Crippen LogP contribution in [-0.4, -0.2) is 17.0 Å². The highest BCUT2D eigenvalue weighted by molar-refractivity contribution is 5.94. The summed E-state index contributed by atoms with van der Waals surface area (Å²) in [5.41, 5.74) is 5.81. The minimum Gasteiger partial charge on any atom is -0.478 e. The van der Waals surface area contributed by atoms with Crippen molar-refractivity contribution in [2.75, 3.05) is 5.32 Å². The SMILES string of the molecule is O=C(O)c1cccc(CNc2cccc(CNC(=O)c3ccc(-c4ccccc4)cc3)c2)c1. The van der Waals surface area contributed by atoms with Crippen LogP contribution in [0.15, 0.2) is 103 Å². The van der Waals surface area contributed by atoms with Crippen molar-refractivity contribution >= 4 is 17.6 Å². The molecule has 0 aliphatic heterocycles. The molecule has 0 spiro atoms. The molecule has 0 saturated carbocycles. The molecule has 4 aromatic rings. The number of benzene rings is 4. The third kappa shape index (κ3) is 5.86. The summed E-state index contributed by atoms with van der Waals surface area (Å²) in [6.45, 7) is 0.911. The predicted octanol–water partition coefficient (Wildman–Crippen LogP) is 5.59. The number of rotatable bonds is 8. The van der Waals surface area contributed by atoms with E-state index in [0.29, 0.717) is 18.7 Å². The number of aromatic carboxylic acids is 1. The van der Waals surface area contributed by atoms with E-state index < -0.39 is 5.97 Å². The van der Waals surface area contributed by atoms with Crippen LogP contribution in [0.5, 0.6) is 0 Å². The van der Waals surface area contributed by atoms with Crippen LogP contribution < -0.4 is 10.6 Å². The summed E-state index contributed by atoms with van der Waals surface area (Å²) in [7, 11) is 0. The van der Waals surface area contributed by atoms with Crippen molar-refractivity contribution in [2.45, 2.75) is 13.1 Å². The average Bonchev–Trinajstić information content (AvgIpc) is 2.87. The number of amides is 1. The van der Waals surface area contributed by atoms with E-state index in [1.165, 1.54) is 0 Å². The van der Waals surface area contributed by atoms with Gasteiger partial charge in [-0.25, -0.2) is 4.79 Å². The third-order valence-electron chi connectivity index (χ3n) is 5.30. The second-order valence-corrected chi connectivity index (χ2v) is 7.69. The molecule has 0 radical (unpaired) electrons. The largest absolute Gasteiger partial charge is 0.478 e. The molecule has 4 aromatic carbocycles. The van der Waals surface area contributed by atoms with Crippen LogP contribution in [0.1, 0.15) is 31.8 Å². The lowest BCUT2D eigenvalue weighted by Crippen LogP contribution is -2.22. The Labute approximate surface area is 192 Å². The van der Waals surface area contributed by atoms with E-state index in [-0.39, 0.29) is 11.5 Å². The standard InChI is InChI=1S/C28H24N2O3/c31-27(24-14-12-23(13-15-24)22-8-2-1-3-9-22)30-19-21-7-5-11-26(17-21)29-18-20-6-4-10-25(16-20)28(32)33/h1-17,29H,18-19H2,(H,30,31)(H,32,33). The van der Waals surface area contributed by atoms with Gasteiger partial charge >= 0.3 is 5.97 Å². The maximum absolute atomic E-state index is 12.6. The van der Waals surface area contributed by atoms with Crippen LogP contribution in [0.4, 0.5) is 5.69 Å². The number of carbonyl (C=O) groups excluding carboxylic acids is 1. The van der Waals surface area contributed by atoms with E-state index in [1.54, 1.807) is 18.2 Å². The monoisotopic (exact) mass is 436 g/mol. The van der Waals surface area contributed by atoms with Gasteiger partial charge in [0.1, 0.15) is 0 Å². The number of hydrogen-bond acceptors (Lipinski definition) is 3. The number of nitrogens with one attached hydrogen (secondary N) is 2. The van der Waals surface area contributed by atoms with Crippen LogP contribution in [0.25, 0.3) is 11.1 Å². The molecule has 0 aliphatic rings. The van der Waals surface area contributed by atoms with Crippen molar-refractivity contribution in [2.24, 2.45) is 0 Å². The van der Waals surface area contributed by atoms with Gasteiger partial charge in [0.15, 0.2) is 0 Å². The fourth-order valence-electron chi connectivity index (χ4n) is 3.54. The van der Waals surface area contributed by atoms with Crippen molar-refractivity contribution in [3.05, 3.63) is 125 Å². The molecule has 0 unspecified atom stereocenters. The van der Waals surface area contributed by atoms with Gasteiger partial charge in [-0.05, 0) is 58.7 Å². The number of carboxylic acids is 1. The molecule has 0 saturated heterocycles. The minimum absolute atomic E-state index is 0.126. The van der Waals surface area contributed by atoms with Crippen molar-refractivity contribution in [1.29, 1.82) is 0 Å². The Morgan fingerprint density at radius 2 is 1.30 bits per heavy atom. The van der Waals surface area contributed by atoms with Crippen LogP contribution >= 0.6 is 0 Å². The lowest BCUT2D eigenvalue weighted by atomic mass is 10.0. The summed E-state index contributed by atoms with van der Waals surface area (Å²) in [5.74, 6) is -1.07. The summed E-state index contributed by atoms with van der Waals surface area (Å²) >= 11 is 0. The molecule has 0 aromatic heterocycles. The molecule has 164 valence electrons. The zero-order valence-electron chi connectivity index (χ0n) is 18.0. The van der Waals surface area contributed by atoms with Gasteiger partial charge < -0.3 is 15.7 Å². The molecule has 4 rings (SSSR count). The topological polar surface area (TPSA) is 78.4 Å². The molecular formula is C28H24N2O3. The Morgan fingerprint density at radius 1 is 0.636 bits per heavy atom. The Hall–Kier alpha value is -4.38. The highest BCUT2D eigenvalue weighted by Gasteiger charge is 2.07. The van der Waals surface area contributed by atoms with E-state index in [0.717, 1.165) is 27.9 Å². The molecule has 33 heavy (non-hydrogen) atoms. The normalized spacial score (nSPS) is 10.4. The first-order chi connectivity index (χ1) is 16.1. The molecule has 5 nitrogen and oxygen atoms in total. The first kappa shape index (κ1) is 21.8. The Morgan fingerprint density at radius 3 is 2.03 bits per heavy atom. The molecule has 0 bridgehead atoms. The summed E-state index contributed by atoms with van der Waals surface area (Å²) in [4.78, 5) is 23.7. The molecule has 0 aliphatic carbocycles. The molecule has 0 atom stereocenters. The highest BCUT2D eigenvalue weighted by atomic mass is 16.4. The highest BCUT2D eigenvalue weighted by Crippen LogP contribution is 2.19. The lowest BCUT2D eigenvalue weighted by molar-refractivity contribution is 0.0696. The third-order valence-corrected chi connectivity index (χ3v) is 5.30. The van der Waals surface area contributed by atoms with E-state index >= 15 is 0 Å². The quantitative estimate of drug-likeness (QED) is 0.336.